The molecule has 1 aromatic rings. The van der Waals surface area contributed by atoms with E-state index in [4.69, 9.17) is 11.6 Å². The molecule has 3 amide bonds. The van der Waals surface area contributed by atoms with E-state index in [1.165, 1.54) is 0 Å². The van der Waals surface area contributed by atoms with Gasteiger partial charge < -0.3 is 20.4 Å². The van der Waals surface area contributed by atoms with E-state index in [2.05, 4.69) is 15.5 Å². The molecule has 1 saturated carbocycles. The molecule has 124 valence electrons. The fraction of sp³-hybridized carbons (Fsp3) is 0.500. The second kappa shape index (κ2) is 7.08. The van der Waals surface area contributed by atoms with Crippen molar-refractivity contribution in [1.82, 2.24) is 15.5 Å². The highest BCUT2D eigenvalue weighted by Crippen LogP contribution is 2.19. The highest BCUT2D eigenvalue weighted by atomic mass is 35.5. The van der Waals surface area contributed by atoms with Gasteiger partial charge in [-0.25, -0.2) is 4.79 Å². The number of piperazine rings is 1. The van der Waals surface area contributed by atoms with Crippen LogP contribution in [0.5, 0.6) is 0 Å². The summed E-state index contributed by atoms with van der Waals surface area (Å²) in [6.45, 7) is 2.93. The normalized spacial score (nSPS) is 17.8. The summed E-state index contributed by atoms with van der Waals surface area (Å²) in [5, 5.41) is 6.16. The van der Waals surface area contributed by atoms with Crippen LogP contribution in [0.25, 0.3) is 0 Å². The molecule has 0 atom stereocenters. The van der Waals surface area contributed by atoms with Crippen molar-refractivity contribution in [3.8, 4) is 0 Å². The van der Waals surface area contributed by atoms with Crippen molar-refractivity contribution in [2.75, 3.05) is 37.6 Å². The molecule has 2 fully saturated rings. The average Bonchev–Trinajstić information content (AvgIpc) is 3.37. The van der Waals surface area contributed by atoms with Crippen LogP contribution in [0.3, 0.4) is 0 Å². The van der Waals surface area contributed by atoms with Gasteiger partial charge >= 0.3 is 6.03 Å². The minimum atomic E-state index is -0.249. The maximum absolute atomic E-state index is 12.1. The molecule has 2 N–H and O–H groups in total. The first-order valence-corrected chi connectivity index (χ1v) is 8.32. The SMILES string of the molecule is O=C(NCC(=O)N1CCN(c2ccc(Cl)cc2)CC1)NC1CC1. The van der Waals surface area contributed by atoms with E-state index in [1.54, 1.807) is 4.90 Å². The number of carbonyl (C=O) groups excluding carboxylic acids is 2. The zero-order valence-electron chi connectivity index (χ0n) is 12.9. The number of amides is 3. The molecule has 6 nitrogen and oxygen atoms in total. The molecule has 3 rings (SSSR count). The van der Waals surface area contributed by atoms with Crippen LogP contribution in [0.15, 0.2) is 24.3 Å². The molecule has 7 heteroatoms. The topological polar surface area (TPSA) is 64.7 Å². The van der Waals surface area contributed by atoms with E-state index in [9.17, 15) is 9.59 Å². The molecule has 1 aliphatic heterocycles. The number of urea groups is 1. The average molecular weight is 337 g/mol. The van der Waals surface area contributed by atoms with E-state index >= 15 is 0 Å². The smallest absolute Gasteiger partial charge is 0.315 e. The number of benzene rings is 1. The molecule has 1 aromatic carbocycles. The van der Waals surface area contributed by atoms with Gasteiger partial charge in [0.15, 0.2) is 0 Å². The van der Waals surface area contributed by atoms with Crippen LogP contribution < -0.4 is 15.5 Å². The number of hydrogen-bond donors (Lipinski definition) is 2. The predicted octanol–water partition coefficient (Wildman–Crippen LogP) is 1.45. The summed E-state index contributed by atoms with van der Waals surface area (Å²) in [6, 6.07) is 7.77. The molecular formula is C16H21ClN4O2. The number of nitrogens with one attached hydrogen (secondary N) is 2. The van der Waals surface area contributed by atoms with Crippen LogP contribution in [-0.2, 0) is 4.79 Å². The lowest BCUT2D eigenvalue weighted by atomic mass is 10.2. The summed E-state index contributed by atoms with van der Waals surface area (Å²) in [7, 11) is 0. The van der Waals surface area contributed by atoms with Crippen molar-refractivity contribution in [3.05, 3.63) is 29.3 Å². The molecule has 1 heterocycles. The van der Waals surface area contributed by atoms with Crippen molar-refractivity contribution in [2.24, 2.45) is 0 Å². The number of anilines is 1. The van der Waals surface area contributed by atoms with Gasteiger partial charge in [0.25, 0.3) is 0 Å². The molecule has 1 saturated heterocycles. The zero-order valence-corrected chi connectivity index (χ0v) is 13.7. The number of hydrogen-bond acceptors (Lipinski definition) is 3. The maximum atomic E-state index is 12.1. The third kappa shape index (κ3) is 4.51. The van der Waals surface area contributed by atoms with Crippen LogP contribution >= 0.6 is 11.6 Å². The third-order valence-corrected chi connectivity index (χ3v) is 4.39. The second-order valence-electron chi connectivity index (χ2n) is 5.95. The van der Waals surface area contributed by atoms with Crippen molar-refractivity contribution < 1.29 is 9.59 Å². The first-order chi connectivity index (χ1) is 11.1. The van der Waals surface area contributed by atoms with Crippen molar-refractivity contribution in [1.29, 1.82) is 0 Å². The Morgan fingerprint density at radius 2 is 1.74 bits per heavy atom. The van der Waals surface area contributed by atoms with E-state index < -0.39 is 0 Å². The molecule has 0 radical (unpaired) electrons. The van der Waals surface area contributed by atoms with Crippen LogP contribution in [-0.4, -0.2) is 55.6 Å². The Morgan fingerprint density at radius 3 is 2.35 bits per heavy atom. The Bertz CT molecular complexity index is 566. The van der Waals surface area contributed by atoms with Gasteiger partial charge in [-0.15, -0.1) is 0 Å². The summed E-state index contributed by atoms with van der Waals surface area (Å²) in [4.78, 5) is 27.7. The lowest BCUT2D eigenvalue weighted by molar-refractivity contribution is -0.130. The Kier molecular flexibility index (Phi) is 4.91. The van der Waals surface area contributed by atoms with Crippen LogP contribution in [0, 0.1) is 0 Å². The van der Waals surface area contributed by atoms with Gasteiger partial charge in [0, 0.05) is 42.9 Å². The van der Waals surface area contributed by atoms with E-state index in [0.717, 1.165) is 36.6 Å². The fourth-order valence-electron chi connectivity index (χ4n) is 2.60. The quantitative estimate of drug-likeness (QED) is 0.874. The molecule has 0 bridgehead atoms. The largest absolute Gasteiger partial charge is 0.368 e. The molecule has 0 unspecified atom stereocenters. The minimum absolute atomic E-state index is 0.0355. The van der Waals surface area contributed by atoms with Crippen LogP contribution in [0.4, 0.5) is 10.5 Å². The number of halogens is 1. The lowest BCUT2D eigenvalue weighted by Gasteiger charge is -2.36. The second-order valence-corrected chi connectivity index (χ2v) is 6.38. The predicted molar refractivity (Wildman–Crippen MR) is 89.8 cm³/mol. The van der Waals surface area contributed by atoms with Crippen molar-refractivity contribution in [2.45, 2.75) is 18.9 Å². The van der Waals surface area contributed by atoms with E-state index in [1.807, 2.05) is 24.3 Å². The molecule has 0 spiro atoms. The highest BCUT2D eigenvalue weighted by Gasteiger charge is 2.24. The molecule has 23 heavy (non-hydrogen) atoms. The summed E-state index contributed by atoms with van der Waals surface area (Å²) < 4.78 is 0. The Morgan fingerprint density at radius 1 is 1.09 bits per heavy atom. The molecular weight excluding hydrogens is 316 g/mol. The monoisotopic (exact) mass is 336 g/mol. The van der Waals surface area contributed by atoms with Gasteiger partial charge in [0.05, 0.1) is 6.54 Å². The highest BCUT2D eigenvalue weighted by molar-refractivity contribution is 6.30. The Labute approximate surface area is 140 Å². The van der Waals surface area contributed by atoms with Crippen LogP contribution in [0.1, 0.15) is 12.8 Å². The van der Waals surface area contributed by atoms with Gasteiger partial charge in [-0.1, -0.05) is 11.6 Å². The third-order valence-electron chi connectivity index (χ3n) is 4.14. The zero-order chi connectivity index (χ0) is 16.2. The Hall–Kier alpha value is -1.95. The Balaban J connectivity index is 1.41. The van der Waals surface area contributed by atoms with Gasteiger partial charge in [-0.3, -0.25) is 4.79 Å². The fourth-order valence-corrected chi connectivity index (χ4v) is 2.72. The summed E-state index contributed by atoms with van der Waals surface area (Å²) in [6.07, 6.45) is 2.07. The minimum Gasteiger partial charge on any atom is -0.368 e. The molecule has 2 aliphatic rings. The lowest BCUT2D eigenvalue weighted by Crippen LogP contribution is -2.52. The summed E-state index contributed by atoms with van der Waals surface area (Å²) in [5.74, 6) is -0.0355. The standard InChI is InChI=1S/C16H21ClN4O2/c17-12-1-5-14(6-2-12)20-7-9-21(10-8-20)15(22)11-18-16(23)19-13-3-4-13/h1-2,5-6,13H,3-4,7-11H2,(H2,18,19,23). The van der Waals surface area contributed by atoms with Gasteiger partial charge in [0.1, 0.15) is 0 Å². The number of nitrogens with zero attached hydrogens (tertiary/aromatic N) is 2. The van der Waals surface area contributed by atoms with Gasteiger partial charge in [-0.05, 0) is 37.1 Å². The molecule has 1 aliphatic carbocycles. The van der Waals surface area contributed by atoms with E-state index in [0.29, 0.717) is 19.1 Å². The summed E-state index contributed by atoms with van der Waals surface area (Å²) in [5.41, 5.74) is 1.11. The first-order valence-electron chi connectivity index (χ1n) is 7.94. The van der Waals surface area contributed by atoms with Crippen molar-refractivity contribution in [3.63, 3.8) is 0 Å². The van der Waals surface area contributed by atoms with Crippen LogP contribution in [0.2, 0.25) is 5.02 Å². The van der Waals surface area contributed by atoms with Crippen molar-refractivity contribution >= 4 is 29.2 Å². The number of carbonyl (C=O) groups is 2. The summed E-state index contributed by atoms with van der Waals surface area (Å²) >= 11 is 5.90. The maximum Gasteiger partial charge on any atom is 0.315 e. The number of rotatable bonds is 4. The first kappa shape index (κ1) is 15.9. The van der Waals surface area contributed by atoms with Gasteiger partial charge in [-0.2, -0.15) is 0 Å². The van der Waals surface area contributed by atoms with Gasteiger partial charge in [0.2, 0.25) is 5.91 Å². The molecule has 0 aromatic heterocycles. The van der Waals surface area contributed by atoms with E-state index in [-0.39, 0.29) is 18.5 Å².